The minimum absolute atomic E-state index is 0.383. The maximum Gasteiger partial charge on any atom is 0.134 e. The van der Waals surface area contributed by atoms with Crippen molar-refractivity contribution in [2.75, 3.05) is 6.61 Å². The fourth-order valence-electron chi connectivity index (χ4n) is 1.04. The highest BCUT2D eigenvalue weighted by molar-refractivity contribution is 5.21. The predicted molar refractivity (Wildman–Crippen MR) is 54.8 cm³/mol. The lowest BCUT2D eigenvalue weighted by Gasteiger charge is -2.03. The van der Waals surface area contributed by atoms with E-state index in [4.69, 9.17) is 4.74 Å². The van der Waals surface area contributed by atoms with Crippen molar-refractivity contribution < 1.29 is 9.13 Å². The molecule has 0 bridgehead atoms. The van der Waals surface area contributed by atoms with Crippen LogP contribution >= 0.6 is 0 Å². The van der Waals surface area contributed by atoms with Gasteiger partial charge >= 0.3 is 0 Å². The van der Waals surface area contributed by atoms with Gasteiger partial charge in [0.2, 0.25) is 0 Å². The molecule has 1 aromatic rings. The van der Waals surface area contributed by atoms with Crippen LogP contribution in [0.15, 0.2) is 30.4 Å². The highest BCUT2D eigenvalue weighted by Crippen LogP contribution is 2.11. The summed E-state index contributed by atoms with van der Waals surface area (Å²) in [5.74, 6) is 0.178. The van der Waals surface area contributed by atoms with E-state index in [-0.39, 0.29) is 5.82 Å². The maximum absolute atomic E-state index is 12.6. The molecule has 1 nitrogen and oxygen atoms in total. The Morgan fingerprint density at radius 3 is 3.07 bits per heavy atom. The molecule has 0 atom stereocenters. The Labute approximate surface area is 84.2 Å². The Morgan fingerprint density at radius 2 is 2.36 bits per heavy atom. The van der Waals surface area contributed by atoms with E-state index in [1.807, 2.05) is 0 Å². The van der Waals surface area contributed by atoms with Gasteiger partial charge in [0.1, 0.15) is 11.6 Å². The van der Waals surface area contributed by atoms with Gasteiger partial charge in [-0.2, -0.15) is 0 Å². The second-order valence-electron chi connectivity index (χ2n) is 2.89. The largest absolute Gasteiger partial charge is 0.493 e. The molecule has 0 aliphatic rings. The van der Waals surface area contributed by atoms with Crippen molar-refractivity contribution in [3.8, 4) is 5.75 Å². The molecule has 0 N–H and O–H groups in total. The summed E-state index contributed by atoms with van der Waals surface area (Å²) in [4.78, 5) is 0. The second kappa shape index (κ2) is 6.19. The molecular weight excluding hydrogens is 179 g/mol. The zero-order valence-corrected chi connectivity index (χ0v) is 8.29. The van der Waals surface area contributed by atoms with Crippen molar-refractivity contribution in [1.29, 1.82) is 0 Å². The van der Waals surface area contributed by atoms with E-state index in [0.717, 1.165) is 12.8 Å². The molecule has 0 heterocycles. The average Bonchev–Trinajstić information content (AvgIpc) is 2.18. The number of rotatable bonds is 5. The molecule has 0 aliphatic heterocycles. The lowest BCUT2D eigenvalue weighted by molar-refractivity contribution is 0.323. The molecule has 0 aromatic heterocycles. The van der Waals surface area contributed by atoms with Crippen LogP contribution in [0.2, 0.25) is 0 Å². The zero-order valence-electron chi connectivity index (χ0n) is 8.29. The van der Waals surface area contributed by atoms with Crippen molar-refractivity contribution in [2.45, 2.75) is 19.8 Å². The van der Waals surface area contributed by atoms with Crippen molar-refractivity contribution in [3.63, 3.8) is 0 Å². The molecule has 2 heteroatoms. The Morgan fingerprint density at radius 1 is 1.50 bits per heavy atom. The summed E-state index contributed by atoms with van der Waals surface area (Å²) < 4.78 is 18.0. The summed E-state index contributed by atoms with van der Waals surface area (Å²) in [6.45, 7) is 2.67. The summed E-state index contributed by atoms with van der Waals surface area (Å²) >= 11 is 0. The topological polar surface area (TPSA) is 9.23 Å². The summed E-state index contributed by atoms with van der Waals surface area (Å²) in [6, 6.07) is 6.98. The van der Waals surface area contributed by atoms with Gasteiger partial charge in [0.25, 0.3) is 0 Å². The SMILES string of the molecule is CCC=CCCOc1cc[c]c(F)c1. The van der Waals surface area contributed by atoms with Crippen molar-refractivity contribution in [3.05, 3.63) is 42.2 Å². The van der Waals surface area contributed by atoms with Crippen LogP contribution in [0.3, 0.4) is 0 Å². The van der Waals surface area contributed by atoms with Gasteiger partial charge < -0.3 is 4.74 Å². The van der Waals surface area contributed by atoms with E-state index in [1.54, 1.807) is 6.07 Å². The Balaban J connectivity index is 2.28. The molecule has 75 valence electrons. The van der Waals surface area contributed by atoms with E-state index < -0.39 is 0 Å². The predicted octanol–water partition coefficient (Wildman–Crippen LogP) is 3.36. The average molecular weight is 193 g/mol. The maximum atomic E-state index is 12.6. The van der Waals surface area contributed by atoms with Crippen LogP contribution in [0.1, 0.15) is 19.8 Å². The molecular formula is C12H14FO. The van der Waals surface area contributed by atoms with Crippen LogP contribution in [0.4, 0.5) is 4.39 Å². The summed E-state index contributed by atoms with van der Waals surface area (Å²) in [5, 5.41) is 0. The van der Waals surface area contributed by atoms with Crippen LogP contribution in [0, 0.1) is 11.9 Å². The van der Waals surface area contributed by atoms with Crippen molar-refractivity contribution in [1.82, 2.24) is 0 Å². The van der Waals surface area contributed by atoms with Gasteiger partial charge in [-0.3, -0.25) is 0 Å². The Kier molecular flexibility index (Phi) is 4.76. The first-order valence-electron chi connectivity index (χ1n) is 4.78. The van der Waals surface area contributed by atoms with Gasteiger partial charge in [0, 0.05) is 12.1 Å². The first-order valence-corrected chi connectivity index (χ1v) is 4.78. The van der Waals surface area contributed by atoms with Crippen LogP contribution in [-0.2, 0) is 0 Å². The quantitative estimate of drug-likeness (QED) is 0.514. The zero-order chi connectivity index (χ0) is 10.2. The fraction of sp³-hybridized carbons (Fsp3) is 0.333. The van der Waals surface area contributed by atoms with Gasteiger partial charge in [-0.1, -0.05) is 19.1 Å². The first-order chi connectivity index (χ1) is 6.83. The first kappa shape index (κ1) is 10.8. The highest BCUT2D eigenvalue weighted by atomic mass is 19.1. The molecule has 1 rings (SSSR count). The van der Waals surface area contributed by atoms with Gasteiger partial charge in [-0.25, -0.2) is 4.39 Å². The van der Waals surface area contributed by atoms with Crippen LogP contribution in [0.25, 0.3) is 0 Å². The second-order valence-corrected chi connectivity index (χ2v) is 2.89. The monoisotopic (exact) mass is 193 g/mol. The van der Waals surface area contributed by atoms with Crippen molar-refractivity contribution in [2.24, 2.45) is 0 Å². The number of benzene rings is 1. The minimum atomic E-state index is -0.383. The number of ether oxygens (including phenoxy) is 1. The van der Waals surface area contributed by atoms with Crippen LogP contribution < -0.4 is 4.74 Å². The van der Waals surface area contributed by atoms with Gasteiger partial charge in [0.05, 0.1) is 6.61 Å². The summed E-state index contributed by atoms with van der Waals surface area (Å²) in [6.07, 6.45) is 6.04. The molecule has 1 aromatic carbocycles. The Hall–Kier alpha value is -1.31. The third kappa shape index (κ3) is 4.08. The molecule has 0 aliphatic carbocycles. The van der Waals surface area contributed by atoms with E-state index in [1.165, 1.54) is 12.1 Å². The third-order valence-corrected chi connectivity index (χ3v) is 1.69. The van der Waals surface area contributed by atoms with Gasteiger partial charge in [0.15, 0.2) is 0 Å². The summed E-state index contributed by atoms with van der Waals surface area (Å²) in [7, 11) is 0. The molecule has 0 spiro atoms. The van der Waals surface area contributed by atoms with Crippen molar-refractivity contribution >= 4 is 0 Å². The number of hydrogen-bond acceptors (Lipinski definition) is 1. The number of halogens is 1. The molecule has 0 fully saturated rings. The van der Waals surface area contributed by atoms with Gasteiger partial charge in [-0.15, -0.1) is 0 Å². The molecule has 0 amide bonds. The molecule has 0 unspecified atom stereocenters. The molecule has 0 saturated heterocycles. The lowest BCUT2D eigenvalue weighted by Crippen LogP contribution is -1.95. The molecule has 14 heavy (non-hydrogen) atoms. The fourth-order valence-corrected chi connectivity index (χ4v) is 1.04. The van der Waals surface area contributed by atoms with E-state index in [2.05, 4.69) is 25.1 Å². The Bertz CT molecular complexity index is 294. The molecule has 1 radical (unpaired) electrons. The standard InChI is InChI=1S/C12H14FO/c1-2-3-4-5-9-14-12-8-6-7-11(13)10-12/h3-4,6,8,10H,2,5,9H2,1H3. The minimum Gasteiger partial charge on any atom is -0.493 e. The van der Waals surface area contributed by atoms with Crippen LogP contribution in [-0.4, -0.2) is 6.61 Å². The number of hydrogen-bond donors (Lipinski definition) is 0. The number of allylic oxidation sites excluding steroid dienone is 1. The van der Waals surface area contributed by atoms with E-state index in [9.17, 15) is 4.39 Å². The third-order valence-electron chi connectivity index (χ3n) is 1.69. The van der Waals surface area contributed by atoms with E-state index >= 15 is 0 Å². The normalized spacial score (nSPS) is 10.7. The lowest BCUT2D eigenvalue weighted by atomic mass is 10.3. The molecule has 0 saturated carbocycles. The highest BCUT2D eigenvalue weighted by Gasteiger charge is 1.94. The van der Waals surface area contributed by atoms with Gasteiger partial charge in [-0.05, 0) is 25.0 Å². The summed E-state index contributed by atoms with van der Waals surface area (Å²) in [5.41, 5.74) is 0. The van der Waals surface area contributed by atoms with Crippen LogP contribution in [0.5, 0.6) is 5.75 Å². The van der Waals surface area contributed by atoms with E-state index in [0.29, 0.717) is 12.4 Å². The smallest absolute Gasteiger partial charge is 0.134 e.